The van der Waals surface area contributed by atoms with E-state index in [0.29, 0.717) is 18.0 Å². The number of aromatic nitrogens is 2. The number of halogens is 1. The van der Waals surface area contributed by atoms with E-state index in [1.165, 1.54) is 16.8 Å². The molecule has 0 saturated heterocycles. The smallest absolute Gasteiger partial charge is 0.337 e. The summed E-state index contributed by atoms with van der Waals surface area (Å²) in [5.41, 5.74) is 1.79. The van der Waals surface area contributed by atoms with Crippen molar-refractivity contribution in [2.75, 3.05) is 0 Å². The van der Waals surface area contributed by atoms with E-state index in [1.807, 2.05) is 20.8 Å². The van der Waals surface area contributed by atoms with E-state index >= 15 is 0 Å². The number of hydrogen-bond acceptors (Lipinski definition) is 2. The number of carboxylic acid groups (broad SMARTS) is 1. The molecule has 0 atom stereocenters. The molecule has 0 bridgehead atoms. The number of carboxylic acids is 1. The molecule has 0 radical (unpaired) electrons. The number of rotatable bonds is 4. The van der Waals surface area contributed by atoms with Crippen LogP contribution >= 0.6 is 11.6 Å². The van der Waals surface area contributed by atoms with Crippen molar-refractivity contribution >= 4 is 17.6 Å². The van der Waals surface area contributed by atoms with Crippen LogP contribution in [-0.4, -0.2) is 20.9 Å². The Kier molecular flexibility index (Phi) is 4.23. The molecular formula is C15H17ClN2O3. The summed E-state index contributed by atoms with van der Waals surface area (Å²) in [6.45, 7) is 5.92. The standard InChI is InChI=1S/C15H17ClN2O3/c1-8(2)6-11-9(3)17-18(14(11)19)10-4-5-13(16)12(7-10)15(20)21/h4-5,7-8,17H,6H2,1-3H3,(H,20,21). The largest absolute Gasteiger partial charge is 0.478 e. The van der Waals surface area contributed by atoms with E-state index in [0.717, 1.165) is 11.3 Å². The van der Waals surface area contributed by atoms with Gasteiger partial charge in [-0.1, -0.05) is 25.4 Å². The van der Waals surface area contributed by atoms with Gasteiger partial charge in [0.15, 0.2) is 0 Å². The van der Waals surface area contributed by atoms with Gasteiger partial charge in [-0.25, -0.2) is 9.48 Å². The van der Waals surface area contributed by atoms with E-state index in [9.17, 15) is 9.59 Å². The molecule has 0 fully saturated rings. The Labute approximate surface area is 127 Å². The van der Waals surface area contributed by atoms with Gasteiger partial charge in [-0.15, -0.1) is 0 Å². The Morgan fingerprint density at radius 3 is 2.67 bits per heavy atom. The first kappa shape index (κ1) is 15.4. The van der Waals surface area contributed by atoms with Gasteiger partial charge in [-0.3, -0.25) is 9.89 Å². The number of carbonyl (C=O) groups is 1. The quantitative estimate of drug-likeness (QED) is 0.911. The van der Waals surface area contributed by atoms with Gasteiger partial charge < -0.3 is 5.11 Å². The van der Waals surface area contributed by atoms with E-state index in [1.54, 1.807) is 6.07 Å². The molecule has 1 heterocycles. The van der Waals surface area contributed by atoms with Crippen molar-refractivity contribution in [2.45, 2.75) is 27.2 Å². The fourth-order valence-electron chi connectivity index (χ4n) is 2.23. The molecule has 2 rings (SSSR count). The summed E-state index contributed by atoms with van der Waals surface area (Å²) < 4.78 is 1.36. The zero-order valence-electron chi connectivity index (χ0n) is 12.1. The third kappa shape index (κ3) is 3.03. The van der Waals surface area contributed by atoms with Crippen LogP contribution in [0.2, 0.25) is 5.02 Å². The summed E-state index contributed by atoms with van der Waals surface area (Å²) in [5, 5.41) is 12.2. The zero-order chi connectivity index (χ0) is 15.7. The monoisotopic (exact) mass is 308 g/mol. The van der Waals surface area contributed by atoms with E-state index in [4.69, 9.17) is 16.7 Å². The number of aromatic amines is 1. The van der Waals surface area contributed by atoms with Crippen LogP contribution < -0.4 is 5.56 Å². The highest BCUT2D eigenvalue weighted by molar-refractivity contribution is 6.33. The van der Waals surface area contributed by atoms with Crippen molar-refractivity contribution in [3.63, 3.8) is 0 Å². The Morgan fingerprint density at radius 1 is 1.43 bits per heavy atom. The van der Waals surface area contributed by atoms with Crippen LogP contribution in [0, 0.1) is 12.8 Å². The third-order valence-corrected chi connectivity index (χ3v) is 3.57. The summed E-state index contributed by atoms with van der Waals surface area (Å²) in [5.74, 6) is -0.763. The second-order valence-corrected chi connectivity index (χ2v) is 5.83. The maximum atomic E-state index is 12.4. The SMILES string of the molecule is Cc1[nH]n(-c2ccc(Cl)c(C(=O)O)c2)c(=O)c1CC(C)C. The lowest BCUT2D eigenvalue weighted by atomic mass is 10.0. The zero-order valence-corrected chi connectivity index (χ0v) is 12.9. The Bertz CT molecular complexity index is 744. The molecule has 0 spiro atoms. The van der Waals surface area contributed by atoms with E-state index in [-0.39, 0.29) is 16.1 Å². The fraction of sp³-hybridized carbons (Fsp3) is 0.333. The predicted octanol–water partition coefficient (Wildman–Crippen LogP) is 3.02. The van der Waals surface area contributed by atoms with Crippen LogP contribution in [0.5, 0.6) is 0 Å². The first-order valence-electron chi connectivity index (χ1n) is 6.65. The lowest BCUT2D eigenvalue weighted by Gasteiger charge is -2.05. The van der Waals surface area contributed by atoms with Crippen molar-refractivity contribution in [3.05, 3.63) is 50.4 Å². The molecule has 6 heteroatoms. The van der Waals surface area contributed by atoms with Gasteiger partial charge in [0.05, 0.1) is 16.3 Å². The molecule has 0 unspecified atom stereocenters. The summed E-state index contributed by atoms with van der Waals surface area (Å²) in [4.78, 5) is 23.6. The van der Waals surface area contributed by atoms with Gasteiger partial charge in [0.2, 0.25) is 0 Å². The summed E-state index contributed by atoms with van der Waals surface area (Å²) >= 11 is 5.85. The van der Waals surface area contributed by atoms with Crippen LogP contribution in [0.3, 0.4) is 0 Å². The molecule has 2 N–H and O–H groups in total. The average Bonchev–Trinajstić information content (AvgIpc) is 2.66. The average molecular weight is 309 g/mol. The van der Waals surface area contributed by atoms with Crippen molar-refractivity contribution in [1.82, 2.24) is 9.78 Å². The first-order chi connectivity index (χ1) is 9.81. The predicted molar refractivity (Wildman–Crippen MR) is 81.6 cm³/mol. The molecule has 0 aliphatic carbocycles. The summed E-state index contributed by atoms with van der Waals surface area (Å²) in [7, 11) is 0. The Hall–Kier alpha value is -2.01. The second kappa shape index (κ2) is 5.77. The summed E-state index contributed by atoms with van der Waals surface area (Å²) in [6, 6.07) is 4.48. The maximum absolute atomic E-state index is 12.4. The van der Waals surface area contributed by atoms with Gasteiger partial charge in [0, 0.05) is 11.3 Å². The van der Waals surface area contributed by atoms with Crippen molar-refractivity contribution in [3.8, 4) is 5.69 Å². The minimum atomic E-state index is -1.12. The number of benzene rings is 1. The van der Waals surface area contributed by atoms with E-state index in [2.05, 4.69) is 5.10 Å². The molecule has 0 aliphatic rings. The molecule has 112 valence electrons. The maximum Gasteiger partial charge on any atom is 0.337 e. The van der Waals surface area contributed by atoms with Crippen molar-refractivity contribution < 1.29 is 9.90 Å². The number of aryl methyl sites for hydroxylation is 1. The van der Waals surface area contributed by atoms with Gasteiger partial charge in [-0.2, -0.15) is 0 Å². The number of nitrogens with zero attached hydrogens (tertiary/aromatic N) is 1. The Balaban J connectivity index is 2.56. The fourth-order valence-corrected chi connectivity index (χ4v) is 2.43. The number of hydrogen-bond donors (Lipinski definition) is 2. The van der Waals surface area contributed by atoms with Gasteiger partial charge in [0.25, 0.3) is 5.56 Å². The topological polar surface area (TPSA) is 75.1 Å². The van der Waals surface area contributed by atoms with Gasteiger partial charge in [-0.05, 0) is 37.5 Å². The Morgan fingerprint density at radius 2 is 2.10 bits per heavy atom. The number of H-pyrrole nitrogens is 1. The molecule has 2 aromatic rings. The minimum absolute atomic E-state index is 0.0290. The van der Waals surface area contributed by atoms with Crippen LogP contribution in [0.15, 0.2) is 23.0 Å². The summed E-state index contributed by atoms with van der Waals surface area (Å²) in [6.07, 6.45) is 0.674. The molecule has 21 heavy (non-hydrogen) atoms. The highest BCUT2D eigenvalue weighted by Crippen LogP contribution is 2.20. The molecule has 1 aromatic carbocycles. The van der Waals surface area contributed by atoms with Crippen molar-refractivity contribution in [1.29, 1.82) is 0 Å². The second-order valence-electron chi connectivity index (χ2n) is 5.42. The highest BCUT2D eigenvalue weighted by Gasteiger charge is 2.16. The molecular weight excluding hydrogens is 292 g/mol. The molecule has 5 nitrogen and oxygen atoms in total. The van der Waals surface area contributed by atoms with Crippen molar-refractivity contribution in [2.24, 2.45) is 5.92 Å². The van der Waals surface area contributed by atoms with Crippen LogP contribution in [-0.2, 0) is 6.42 Å². The van der Waals surface area contributed by atoms with Crippen LogP contribution in [0.25, 0.3) is 5.69 Å². The molecule has 0 saturated carbocycles. The number of aromatic carboxylic acids is 1. The molecule has 1 aromatic heterocycles. The molecule has 0 aliphatic heterocycles. The van der Waals surface area contributed by atoms with Crippen LogP contribution in [0.4, 0.5) is 0 Å². The number of nitrogens with one attached hydrogen (secondary N) is 1. The molecule has 0 amide bonds. The third-order valence-electron chi connectivity index (χ3n) is 3.24. The highest BCUT2D eigenvalue weighted by atomic mass is 35.5. The van der Waals surface area contributed by atoms with E-state index < -0.39 is 5.97 Å². The normalized spacial score (nSPS) is 11.1. The lowest BCUT2D eigenvalue weighted by Crippen LogP contribution is -2.18. The minimum Gasteiger partial charge on any atom is -0.478 e. The lowest BCUT2D eigenvalue weighted by molar-refractivity contribution is 0.0697. The van der Waals surface area contributed by atoms with Crippen LogP contribution in [0.1, 0.15) is 35.5 Å². The van der Waals surface area contributed by atoms with Gasteiger partial charge >= 0.3 is 5.97 Å². The first-order valence-corrected chi connectivity index (χ1v) is 7.02. The van der Waals surface area contributed by atoms with Gasteiger partial charge in [0.1, 0.15) is 0 Å².